The van der Waals surface area contributed by atoms with Gasteiger partial charge in [-0.1, -0.05) is 5.16 Å². The number of nitrogens with zero attached hydrogens (tertiary/aromatic N) is 3. The lowest BCUT2D eigenvalue weighted by Crippen LogP contribution is -2.51. The number of halogens is 2. The molecule has 144 valence electrons. The van der Waals surface area contributed by atoms with E-state index in [1.165, 1.54) is 11.0 Å². The lowest BCUT2D eigenvalue weighted by atomic mass is 10.1. The van der Waals surface area contributed by atoms with Crippen LogP contribution in [0.5, 0.6) is 0 Å². The zero-order valence-electron chi connectivity index (χ0n) is 15.0. The minimum atomic E-state index is -0.670. The van der Waals surface area contributed by atoms with E-state index in [1.54, 1.807) is 19.0 Å². The molecule has 1 unspecified atom stereocenters. The van der Waals surface area contributed by atoms with Gasteiger partial charge >= 0.3 is 6.03 Å². The van der Waals surface area contributed by atoms with Crippen molar-refractivity contribution in [1.82, 2.24) is 20.3 Å². The van der Waals surface area contributed by atoms with Crippen molar-refractivity contribution < 1.29 is 22.9 Å². The van der Waals surface area contributed by atoms with E-state index >= 15 is 0 Å². The van der Waals surface area contributed by atoms with Crippen LogP contribution in [-0.4, -0.2) is 60.1 Å². The number of rotatable bonds is 3. The van der Waals surface area contributed by atoms with Crippen LogP contribution in [0.4, 0.5) is 13.6 Å². The fourth-order valence-electron chi connectivity index (χ4n) is 2.93. The Morgan fingerprint density at radius 3 is 2.81 bits per heavy atom. The minimum Gasteiger partial charge on any atom is -0.355 e. The highest BCUT2D eigenvalue weighted by Gasteiger charge is 2.28. The topological polar surface area (TPSA) is 78.7 Å². The second-order valence-electron chi connectivity index (χ2n) is 6.63. The van der Waals surface area contributed by atoms with E-state index in [9.17, 15) is 18.4 Å². The van der Waals surface area contributed by atoms with Gasteiger partial charge < -0.3 is 19.6 Å². The fourth-order valence-corrected chi connectivity index (χ4v) is 2.93. The van der Waals surface area contributed by atoms with Crippen LogP contribution in [0.1, 0.15) is 23.3 Å². The highest BCUT2D eigenvalue weighted by Crippen LogP contribution is 2.25. The van der Waals surface area contributed by atoms with Gasteiger partial charge in [0.05, 0.1) is 5.56 Å². The summed E-state index contributed by atoms with van der Waals surface area (Å²) < 4.78 is 32.3. The Hall–Kier alpha value is -2.97. The smallest absolute Gasteiger partial charge is 0.317 e. The summed E-state index contributed by atoms with van der Waals surface area (Å²) in [7, 11) is 3.28. The summed E-state index contributed by atoms with van der Waals surface area (Å²) in [6, 6.07) is 3.87. The van der Waals surface area contributed by atoms with Gasteiger partial charge in [0.25, 0.3) is 5.91 Å². The molecule has 0 spiro atoms. The Kier molecular flexibility index (Phi) is 5.38. The van der Waals surface area contributed by atoms with Crippen LogP contribution in [0.15, 0.2) is 28.8 Å². The number of hydrogen-bond donors (Lipinski definition) is 1. The second kappa shape index (κ2) is 7.73. The quantitative estimate of drug-likeness (QED) is 0.890. The zero-order chi connectivity index (χ0) is 19.6. The van der Waals surface area contributed by atoms with E-state index in [4.69, 9.17) is 4.52 Å². The summed E-state index contributed by atoms with van der Waals surface area (Å²) in [4.78, 5) is 27.5. The molecule has 1 saturated heterocycles. The standard InChI is InChI=1S/C18H20F2N4O3/c1-23(2)18(26)21-12-4-3-7-24(10-12)17(25)15-9-16(27-22-15)13-8-11(19)5-6-14(13)20/h5-6,8-9,12H,3-4,7,10H2,1-2H3,(H,21,26). The number of aromatic nitrogens is 1. The molecule has 1 aliphatic heterocycles. The first-order valence-electron chi connectivity index (χ1n) is 8.54. The molecule has 1 fully saturated rings. The third-order valence-corrected chi connectivity index (χ3v) is 4.37. The third kappa shape index (κ3) is 4.24. The summed E-state index contributed by atoms with van der Waals surface area (Å²) in [6.45, 7) is 0.860. The molecule has 1 aromatic carbocycles. The molecule has 1 N–H and O–H groups in total. The number of piperidine rings is 1. The highest BCUT2D eigenvalue weighted by atomic mass is 19.1. The number of likely N-dealkylation sites (tertiary alicyclic amines) is 1. The molecule has 2 aromatic rings. The van der Waals surface area contributed by atoms with Gasteiger partial charge in [-0.25, -0.2) is 13.6 Å². The maximum Gasteiger partial charge on any atom is 0.317 e. The van der Waals surface area contributed by atoms with E-state index in [0.717, 1.165) is 31.0 Å². The van der Waals surface area contributed by atoms with Crippen molar-refractivity contribution in [3.05, 3.63) is 41.6 Å². The molecule has 3 amide bonds. The fraction of sp³-hybridized carbons (Fsp3) is 0.389. The predicted molar refractivity (Wildman–Crippen MR) is 93.0 cm³/mol. The molecule has 1 aliphatic rings. The van der Waals surface area contributed by atoms with Crippen molar-refractivity contribution in [3.8, 4) is 11.3 Å². The SMILES string of the molecule is CN(C)C(=O)NC1CCCN(C(=O)c2cc(-c3cc(F)ccc3F)on2)C1. The first kappa shape index (κ1) is 18.8. The maximum absolute atomic E-state index is 13.9. The molecule has 3 rings (SSSR count). The Balaban J connectivity index is 1.72. The summed E-state index contributed by atoms with van der Waals surface area (Å²) in [5.41, 5.74) is -0.0930. The highest BCUT2D eigenvalue weighted by molar-refractivity contribution is 5.93. The summed E-state index contributed by atoms with van der Waals surface area (Å²) in [5.74, 6) is -1.70. The van der Waals surface area contributed by atoms with Crippen LogP contribution in [-0.2, 0) is 0 Å². The Bertz CT molecular complexity index is 853. The Labute approximate surface area is 154 Å². The molecule has 0 radical (unpaired) electrons. The van der Waals surface area contributed by atoms with E-state index in [0.29, 0.717) is 13.1 Å². The number of urea groups is 1. The van der Waals surface area contributed by atoms with Crippen LogP contribution < -0.4 is 5.32 Å². The molecule has 2 heterocycles. The van der Waals surface area contributed by atoms with Gasteiger partial charge in [-0.3, -0.25) is 4.79 Å². The van der Waals surface area contributed by atoms with E-state index in [-0.39, 0.29) is 35.0 Å². The summed E-state index contributed by atoms with van der Waals surface area (Å²) in [6.07, 6.45) is 1.50. The number of hydrogen-bond acceptors (Lipinski definition) is 4. The van der Waals surface area contributed by atoms with Crippen LogP contribution in [0, 0.1) is 11.6 Å². The number of benzene rings is 1. The molecule has 0 saturated carbocycles. The maximum atomic E-state index is 13.9. The van der Waals surface area contributed by atoms with Crippen LogP contribution in [0.2, 0.25) is 0 Å². The average Bonchev–Trinajstić information content (AvgIpc) is 3.13. The molecule has 0 aliphatic carbocycles. The van der Waals surface area contributed by atoms with Gasteiger partial charge in [-0.05, 0) is 31.0 Å². The van der Waals surface area contributed by atoms with Crippen molar-refractivity contribution in [2.75, 3.05) is 27.2 Å². The van der Waals surface area contributed by atoms with Crippen molar-refractivity contribution in [1.29, 1.82) is 0 Å². The first-order chi connectivity index (χ1) is 12.8. The van der Waals surface area contributed by atoms with E-state index in [2.05, 4.69) is 10.5 Å². The van der Waals surface area contributed by atoms with Crippen molar-refractivity contribution in [2.24, 2.45) is 0 Å². The van der Waals surface area contributed by atoms with E-state index in [1.807, 2.05) is 0 Å². The Morgan fingerprint density at radius 1 is 1.30 bits per heavy atom. The summed E-state index contributed by atoms with van der Waals surface area (Å²) >= 11 is 0. The predicted octanol–water partition coefficient (Wildman–Crippen LogP) is 2.50. The normalized spacial score (nSPS) is 16.9. The zero-order valence-corrected chi connectivity index (χ0v) is 15.0. The number of carbonyl (C=O) groups excluding carboxylic acids is 2. The van der Waals surface area contributed by atoms with Gasteiger partial charge in [0, 0.05) is 39.3 Å². The lowest BCUT2D eigenvalue weighted by molar-refractivity contribution is 0.0685. The molecule has 27 heavy (non-hydrogen) atoms. The van der Waals surface area contributed by atoms with Crippen molar-refractivity contribution >= 4 is 11.9 Å². The molecule has 7 nitrogen and oxygen atoms in total. The van der Waals surface area contributed by atoms with Gasteiger partial charge in [0.2, 0.25) is 0 Å². The minimum absolute atomic E-state index is 0.00764. The molecule has 1 aromatic heterocycles. The lowest BCUT2D eigenvalue weighted by Gasteiger charge is -2.33. The summed E-state index contributed by atoms with van der Waals surface area (Å²) in [5, 5.41) is 6.56. The number of carbonyl (C=O) groups is 2. The molecule has 9 heteroatoms. The molecular formula is C18H20F2N4O3. The molecular weight excluding hydrogens is 358 g/mol. The Morgan fingerprint density at radius 2 is 2.07 bits per heavy atom. The van der Waals surface area contributed by atoms with Gasteiger partial charge in [0.1, 0.15) is 11.6 Å². The third-order valence-electron chi connectivity index (χ3n) is 4.37. The largest absolute Gasteiger partial charge is 0.355 e. The monoisotopic (exact) mass is 378 g/mol. The van der Waals surface area contributed by atoms with Gasteiger partial charge in [-0.15, -0.1) is 0 Å². The van der Waals surface area contributed by atoms with Crippen LogP contribution in [0.25, 0.3) is 11.3 Å². The van der Waals surface area contributed by atoms with Crippen LogP contribution in [0.3, 0.4) is 0 Å². The molecule has 1 atom stereocenters. The van der Waals surface area contributed by atoms with Gasteiger partial charge in [-0.2, -0.15) is 0 Å². The van der Waals surface area contributed by atoms with E-state index < -0.39 is 11.6 Å². The van der Waals surface area contributed by atoms with Crippen molar-refractivity contribution in [2.45, 2.75) is 18.9 Å². The average molecular weight is 378 g/mol. The van der Waals surface area contributed by atoms with Gasteiger partial charge in [0.15, 0.2) is 11.5 Å². The first-order valence-corrected chi connectivity index (χ1v) is 8.54. The molecule has 0 bridgehead atoms. The second-order valence-corrected chi connectivity index (χ2v) is 6.63. The van der Waals surface area contributed by atoms with Crippen molar-refractivity contribution in [3.63, 3.8) is 0 Å². The number of amides is 3. The van der Waals surface area contributed by atoms with Crippen LogP contribution >= 0.6 is 0 Å². The number of nitrogens with one attached hydrogen (secondary N) is 1.